The van der Waals surface area contributed by atoms with Crippen LogP contribution in [-0.2, 0) is 14.3 Å². The quantitative estimate of drug-likeness (QED) is 0.778. The maximum absolute atomic E-state index is 12.2. The largest absolute Gasteiger partial charge is 0.468 e. The predicted molar refractivity (Wildman–Crippen MR) is 82.2 cm³/mol. The van der Waals surface area contributed by atoms with Gasteiger partial charge in [0.25, 0.3) is 0 Å². The first-order valence-corrected chi connectivity index (χ1v) is 8.15. The molecular weight excluding hydrogens is 268 g/mol. The van der Waals surface area contributed by atoms with E-state index in [9.17, 15) is 4.79 Å². The average Bonchev–Trinajstić information content (AvgIpc) is 2.54. The molecule has 1 heterocycles. The summed E-state index contributed by atoms with van der Waals surface area (Å²) in [6, 6.07) is 0.477. The fourth-order valence-electron chi connectivity index (χ4n) is 4.07. The van der Waals surface area contributed by atoms with Crippen LogP contribution in [0.15, 0.2) is 0 Å². The lowest BCUT2D eigenvalue weighted by atomic mass is 9.77. The van der Waals surface area contributed by atoms with Gasteiger partial charge in [0.15, 0.2) is 0 Å². The molecule has 5 nitrogen and oxygen atoms in total. The number of carbonyl (C=O) groups is 1. The van der Waals surface area contributed by atoms with Crippen molar-refractivity contribution in [3.63, 3.8) is 0 Å². The first kappa shape index (κ1) is 16.7. The minimum Gasteiger partial charge on any atom is -0.468 e. The number of hydrogen-bond acceptors (Lipinski definition) is 5. The summed E-state index contributed by atoms with van der Waals surface area (Å²) in [5, 5.41) is 3.25. The lowest BCUT2D eigenvalue weighted by Crippen LogP contribution is -2.58. The van der Waals surface area contributed by atoms with Crippen molar-refractivity contribution in [1.82, 2.24) is 10.2 Å². The molecule has 0 amide bonds. The van der Waals surface area contributed by atoms with Gasteiger partial charge in [-0.15, -0.1) is 0 Å². The van der Waals surface area contributed by atoms with Crippen molar-refractivity contribution in [2.45, 2.75) is 50.1 Å². The zero-order valence-corrected chi connectivity index (χ0v) is 13.7. The van der Waals surface area contributed by atoms with Crippen molar-refractivity contribution >= 4 is 5.97 Å². The summed E-state index contributed by atoms with van der Waals surface area (Å²) >= 11 is 0. The van der Waals surface area contributed by atoms with Gasteiger partial charge in [-0.3, -0.25) is 9.69 Å². The second-order valence-electron chi connectivity index (χ2n) is 6.53. The van der Waals surface area contributed by atoms with Crippen LogP contribution >= 0.6 is 0 Å². The van der Waals surface area contributed by atoms with Crippen molar-refractivity contribution in [2.75, 3.05) is 41.0 Å². The second kappa shape index (κ2) is 7.56. The van der Waals surface area contributed by atoms with Crippen molar-refractivity contribution in [3.05, 3.63) is 0 Å². The smallest absolute Gasteiger partial charge is 0.326 e. The van der Waals surface area contributed by atoms with Crippen LogP contribution in [-0.4, -0.2) is 63.4 Å². The number of hydrogen-bond donors (Lipinski definition) is 1. The van der Waals surface area contributed by atoms with Crippen LogP contribution < -0.4 is 5.32 Å². The molecule has 1 N–H and O–H groups in total. The zero-order valence-electron chi connectivity index (χ0n) is 13.7. The summed E-state index contributed by atoms with van der Waals surface area (Å²) in [5.41, 5.74) is -0.494. The number of piperidine rings is 1. The molecule has 0 bridgehead atoms. The van der Waals surface area contributed by atoms with Crippen LogP contribution in [0.2, 0.25) is 0 Å². The molecule has 3 atom stereocenters. The number of methoxy groups -OCH3 is 2. The van der Waals surface area contributed by atoms with Gasteiger partial charge in [-0.05, 0) is 58.0 Å². The lowest BCUT2D eigenvalue weighted by Gasteiger charge is -2.45. The molecule has 0 spiro atoms. The van der Waals surface area contributed by atoms with Crippen LogP contribution in [0.3, 0.4) is 0 Å². The Morgan fingerprint density at radius 3 is 2.81 bits per heavy atom. The fourth-order valence-corrected chi connectivity index (χ4v) is 4.07. The van der Waals surface area contributed by atoms with E-state index in [4.69, 9.17) is 9.47 Å². The Morgan fingerprint density at radius 1 is 1.33 bits per heavy atom. The van der Waals surface area contributed by atoms with Crippen LogP contribution in [0, 0.1) is 5.92 Å². The molecule has 5 heteroatoms. The number of esters is 1. The Bertz CT molecular complexity index is 348. The number of nitrogens with zero attached hydrogens (tertiary/aromatic N) is 1. The van der Waals surface area contributed by atoms with Gasteiger partial charge in [0, 0.05) is 19.7 Å². The molecule has 1 aliphatic carbocycles. The molecule has 0 aromatic rings. The van der Waals surface area contributed by atoms with Crippen LogP contribution in [0.1, 0.15) is 38.5 Å². The van der Waals surface area contributed by atoms with E-state index in [0.717, 1.165) is 39.0 Å². The number of rotatable bonds is 5. The topological polar surface area (TPSA) is 50.8 Å². The summed E-state index contributed by atoms with van der Waals surface area (Å²) in [6.45, 7) is 3.09. The third kappa shape index (κ3) is 3.76. The first-order valence-electron chi connectivity index (χ1n) is 8.15. The van der Waals surface area contributed by atoms with Gasteiger partial charge in [0.05, 0.1) is 13.7 Å². The Hall–Kier alpha value is -0.650. The van der Waals surface area contributed by atoms with Gasteiger partial charge in [0.1, 0.15) is 5.54 Å². The third-order valence-corrected chi connectivity index (χ3v) is 5.25. The zero-order chi connectivity index (χ0) is 15.3. The fraction of sp³-hybridized carbons (Fsp3) is 0.938. The monoisotopic (exact) mass is 298 g/mol. The Morgan fingerprint density at radius 2 is 2.14 bits per heavy atom. The number of likely N-dealkylation sites (tertiary alicyclic amines) is 1. The first-order chi connectivity index (χ1) is 10.1. The number of likely N-dealkylation sites (N-methyl/N-ethyl adjacent to an activating group) is 1. The SMILES string of the molecule is CNC1(C(=O)OC)CCCC(N2CCCC(COC)C2)C1. The highest BCUT2D eigenvalue weighted by Crippen LogP contribution is 2.34. The minimum absolute atomic E-state index is 0.111. The summed E-state index contributed by atoms with van der Waals surface area (Å²) in [5.74, 6) is 0.521. The molecular formula is C16H30N2O3. The standard InChI is InChI=1S/C16H30N2O3/c1-17-16(15(19)21-3)8-4-7-14(10-16)18-9-5-6-13(11-18)12-20-2/h13-14,17H,4-12H2,1-3H3. The molecule has 21 heavy (non-hydrogen) atoms. The summed E-state index contributed by atoms with van der Waals surface area (Å²) < 4.78 is 10.4. The third-order valence-electron chi connectivity index (χ3n) is 5.25. The molecule has 1 saturated carbocycles. The molecule has 2 aliphatic rings. The van der Waals surface area contributed by atoms with E-state index in [-0.39, 0.29) is 5.97 Å². The van der Waals surface area contributed by atoms with E-state index in [2.05, 4.69) is 10.2 Å². The summed E-state index contributed by atoms with van der Waals surface area (Å²) in [4.78, 5) is 14.8. The van der Waals surface area contributed by atoms with E-state index in [1.807, 2.05) is 7.05 Å². The van der Waals surface area contributed by atoms with Crippen molar-refractivity contribution in [3.8, 4) is 0 Å². The Labute approximate surface area is 128 Å². The number of ether oxygens (including phenoxy) is 2. The molecule has 0 aromatic heterocycles. The Kier molecular flexibility index (Phi) is 6.02. The maximum Gasteiger partial charge on any atom is 0.326 e. The van der Waals surface area contributed by atoms with E-state index in [1.54, 1.807) is 7.11 Å². The molecule has 0 radical (unpaired) electrons. The van der Waals surface area contributed by atoms with Gasteiger partial charge in [-0.25, -0.2) is 0 Å². The van der Waals surface area contributed by atoms with Gasteiger partial charge in [0.2, 0.25) is 0 Å². The second-order valence-corrected chi connectivity index (χ2v) is 6.53. The molecule has 122 valence electrons. The van der Waals surface area contributed by atoms with Gasteiger partial charge in [-0.2, -0.15) is 0 Å². The normalized spacial score (nSPS) is 34.6. The van der Waals surface area contributed by atoms with Gasteiger partial charge in [-0.1, -0.05) is 0 Å². The van der Waals surface area contributed by atoms with Crippen molar-refractivity contribution in [1.29, 1.82) is 0 Å². The number of carbonyl (C=O) groups excluding carboxylic acids is 1. The minimum atomic E-state index is -0.494. The van der Waals surface area contributed by atoms with Crippen LogP contribution in [0.25, 0.3) is 0 Å². The van der Waals surface area contributed by atoms with E-state index in [0.29, 0.717) is 12.0 Å². The van der Waals surface area contributed by atoms with E-state index in [1.165, 1.54) is 26.4 Å². The summed E-state index contributed by atoms with van der Waals surface area (Å²) in [6.07, 6.45) is 6.48. The van der Waals surface area contributed by atoms with Crippen LogP contribution in [0.5, 0.6) is 0 Å². The molecule has 0 aromatic carbocycles. The predicted octanol–water partition coefficient (Wildman–Crippen LogP) is 1.42. The highest BCUT2D eigenvalue weighted by Gasteiger charge is 2.44. The molecule has 3 unspecified atom stereocenters. The average molecular weight is 298 g/mol. The number of nitrogens with one attached hydrogen (secondary N) is 1. The molecule has 1 saturated heterocycles. The maximum atomic E-state index is 12.2. The lowest BCUT2D eigenvalue weighted by molar-refractivity contribution is -0.151. The highest BCUT2D eigenvalue weighted by molar-refractivity contribution is 5.81. The van der Waals surface area contributed by atoms with E-state index < -0.39 is 5.54 Å². The van der Waals surface area contributed by atoms with Gasteiger partial charge < -0.3 is 14.8 Å². The summed E-state index contributed by atoms with van der Waals surface area (Å²) in [7, 11) is 5.15. The molecule has 1 aliphatic heterocycles. The Balaban J connectivity index is 2.01. The van der Waals surface area contributed by atoms with Gasteiger partial charge >= 0.3 is 5.97 Å². The van der Waals surface area contributed by atoms with Crippen LogP contribution in [0.4, 0.5) is 0 Å². The van der Waals surface area contributed by atoms with Crippen molar-refractivity contribution in [2.24, 2.45) is 5.92 Å². The molecule has 2 rings (SSSR count). The molecule has 2 fully saturated rings. The highest BCUT2D eigenvalue weighted by atomic mass is 16.5. The van der Waals surface area contributed by atoms with Crippen molar-refractivity contribution < 1.29 is 14.3 Å². The van der Waals surface area contributed by atoms with E-state index >= 15 is 0 Å².